The fourth-order valence-corrected chi connectivity index (χ4v) is 4.79. The largest absolute Gasteiger partial charge is 0.506 e. The van der Waals surface area contributed by atoms with Crippen LogP contribution in [0.2, 0.25) is 0 Å². The normalized spacial score (nSPS) is 21.2. The molecule has 0 saturated carbocycles. The zero-order valence-corrected chi connectivity index (χ0v) is 20.3. The molecule has 2 atom stereocenters. The van der Waals surface area contributed by atoms with E-state index in [4.69, 9.17) is 4.74 Å². The fraction of sp³-hybridized carbons (Fsp3) is 0.400. The topological polar surface area (TPSA) is 110 Å². The SMILES string of the molecule is Cc1cn2cc(-c3cnc(-c4ccc(O[C@H]5CC(C)(C)NC(C)(C)[C@H]5F)nn4)c(O)c3)cnc2n1. The third-order valence-electron chi connectivity index (χ3n) is 6.17. The molecule has 0 unspecified atom stereocenters. The molecule has 1 saturated heterocycles. The number of nitrogens with zero attached hydrogens (tertiary/aromatic N) is 6. The summed E-state index contributed by atoms with van der Waals surface area (Å²) in [6, 6.07) is 4.87. The van der Waals surface area contributed by atoms with Crippen LogP contribution < -0.4 is 10.1 Å². The molecule has 9 nitrogen and oxygen atoms in total. The van der Waals surface area contributed by atoms with E-state index in [0.29, 0.717) is 23.5 Å². The highest BCUT2D eigenvalue weighted by molar-refractivity contribution is 5.70. The van der Waals surface area contributed by atoms with E-state index < -0.39 is 17.8 Å². The molecule has 35 heavy (non-hydrogen) atoms. The summed E-state index contributed by atoms with van der Waals surface area (Å²) in [4.78, 5) is 13.1. The number of nitrogens with one attached hydrogen (secondary N) is 1. The van der Waals surface area contributed by atoms with Crippen LogP contribution in [0.4, 0.5) is 4.39 Å². The number of ether oxygens (including phenoxy) is 1. The van der Waals surface area contributed by atoms with Gasteiger partial charge in [0.25, 0.3) is 0 Å². The smallest absolute Gasteiger partial charge is 0.233 e. The molecule has 1 aliphatic rings. The van der Waals surface area contributed by atoms with E-state index in [-0.39, 0.29) is 22.9 Å². The maximum Gasteiger partial charge on any atom is 0.233 e. The highest BCUT2D eigenvalue weighted by Crippen LogP contribution is 2.34. The number of rotatable bonds is 4. The number of alkyl halides is 1. The van der Waals surface area contributed by atoms with Crippen molar-refractivity contribution in [3.63, 3.8) is 0 Å². The lowest BCUT2D eigenvalue weighted by Crippen LogP contribution is -2.66. The molecule has 182 valence electrons. The summed E-state index contributed by atoms with van der Waals surface area (Å²) in [6.07, 6.45) is 5.71. The van der Waals surface area contributed by atoms with Crippen molar-refractivity contribution in [2.75, 3.05) is 0 Å². The molecule has 0 radical (unpaired) electrons. The first kappa shape index (κ1) is 23.1. The number of imidazole rings is 1. The van der Waals surface area contributed by atoms with Gasteiger partial charge in [-0.3, -0.25) is 4.40 Å². The third kappa shape index (κ3) is 4.53. The molecule has 5 heterocycles. The second-order valence-electron chi connectivity index (χ2n) is 10.3. The monoisotopic (exact) mass is 477 g/mol. The molecular formula is C25H28FN7O2. The van der Waals surface area contributed by atoms with E-state index in [9.17, 15) is 5.11 Å². The maximum atomic E-state index is 15.0. The first-order valence-electron chi connectivity index (χ1n) is 11.5. The molecule has 4 aromatic rings. The molecule has 4 aromatic heterocycles. The number of fused-ring (bicyclic) bond motifs is 1. The first-order valence-corrected chi connectivity index (χ1v) is 11.5. The van der Waals surface area contributed by atoms with Crippen molar-refractivity contribution in [1.82, 2.24) is 34.9 Å². The summed E-state index contributed by atoms with van der Waals surface area (Å²) in [5, 5.41) is 22.2. The zero-order valence-electron chi connectivity index (χ0n) is 20.3. The van der Waals surface area contributed by atoms with Crippen molar-refractivity contribution in [2.24, 2.45) is 0 Å². The van der Waals surface area contributed by atoms with Crippen molar-refractivity contribution in [1.29, 1.82) is 0 Å². The minimum atomic E-state index is -1.21. The van der Waals surface area contributed by atoms with Crippen molar-refractivity contribution in [2.45, 2.75) is 64.4 Å². The lowest BCUT2D eigenvalue weighted by Gasteiger charge is -2.48. The van der Waals surface area contributed by atoms with E-state index >= 15 is 4.39 Å². The number of hydrogen-bond acceptors (Lipinski definition) is 8. The number of aryl methyl sites for hydroxylation is 1. The Morgan fingerprint density at radius 1 is 1.09 bits per heavy atom. The van der Waals surface area contributed by atoms with Gasteiger partial charge in [0.1, 0.15) is 23.2 Å². The van der Waals surface area contributed by atoms with Gasteiger partial charge in [0.2, 0.25) is 11.7 Å². The molecule has 0 aliphatic carbocycles. The number of aromatic hydroxyl groups is 1. The summed E-state index contributed by atoms with van der Waals surface area (Å²) in [5.74, 6) is 0.785. The number of hydrogen-bond donors (Lipinski definition) is 2. The Morgan fingerprint density at radius 2 is 1.86 bits per heavy atom. The zero-order chi connectivity index (χ0) is 25.0. The molecule has 2 N–H and O–H groups in total. The number of halogens is 1. The number of aromatic nitrogens is 6. The molecule has 0 spiro atoms. The van der Waals surface area contributed by atoms with Gasteiger partial charge < -0.3 is 15.2 Å². The molecule has 1 fully saturated rings. The molecule has 1 aliphatic heterocycles. The van der Waals surface area contributed by atoms with Crippen molar-refractivity contribution >= 4 is 5.78 Å². The molecule has 10 heteroatoms. The quantitative estimate of drug-likeness (QED) is 0.455. The van der Waals surface area contributed by atoms with E-state index in [0.717, 1.165) is 11.3 Å². The van der Waals surface area contributed by atoms with Gasteiger partial charge in [-0.1, -0.05) is 0 Å². The van der Waals surface area contributed by atoms with E-state index in [1.54, 1.807) is 30.6 Å². The van der Waals surface area contributed by atoms with Crippen LogP contribution in [-0.2, 0) is 0 Å². The second-order valence-corrected chi connectivity index (χ2v) is 10.3. The van der Waals surface area contributed by atoms with E-state index in [1.807, 2.05) is 51.4 Å². The van der Waals surface area contributed by atoms with Gasteiger partial charge in [0.15, 0.2) is 6.17 Å². The minimum absolute atomic E-state index is 0.0435. The van der Waals surface area contributed by atoms with Crippen LogP contribution in [0.15, 0.2) is 43.0 Å². The van der Waals surface area contributed by atoms with Gasteiger partial charge in [-0.2, -0.15) is 0 Å². The molecular weight excluding hydrogens is 449 g/mol. The predicted octanol–water partition coefficient (Wildman–Crippen LogP) is 3.90. The molecule has 0 bridgehead atoms. The van der Waals surface area contributed by atoms with Gasteiger partial charge in [0.05, 0.1) is 5.69 Å². The predicted molar refractivity (Wildman–Crippen MR) is 129 cm³/mol. The van der Waals surface area contributed by atoms with Crippen molar-refractivity contribution < 1.29 is 14.2 Å². The average Bonchev–Trinajstić information content (AvgIpc) is 3.16. The molecule has 0 aromatic carbocycles. The van der Waals surface area contributed by atoms with Crippen LogP contribution in [0.1, 0.15) is 39.8 Å². The number of pyridine rings is 1. The summed E-state index contributed by atoms with van der Waals surface area (Å²) >= 11 is 0. The van der Waals surface area contributed by atoms with Crippen LogP contribution in [-0.4, -0.2) is 58.0 Å². The summed E-state index contributed by atoms with van der Waals surface area (Å²) in [7, 11) is 0. The highest BCUT2D eigenvalue weighted by atomic mass is 19.1. The third-order valence-corrected chi connectivity index (χ3v) is 6.17. The minimum Gasteiger partial charge on any atom is -0.506 e. The van der Waals surface area contributed by atoms with Crippen molar-refractivity contribution in [3.05, 3.63) is 48.7 Å². The average molecular weight is 478 g/mol. The molecule has 0 amide bonds. The molecule has 5 rings (SSSR count). The highest BCUT2D eigenvalue weighted by Gasteiger charge is 2.47. The van der Waals surface area contributed by atoms with Crippen LogP contribution in [0, 0.1) is 6.92 Å². The van der Waals surface area contributed by atoms with Crippen LogP contribution in [0.25, 0.3) is 28.3 Å². The Balaban J connectivity index is 1.35. The Kier molecular flexibility index (Phi) is 5.43. The maximum absolute atomic E-state index is 15.0. The van der Waals surface area contributed by atoms with Crippen LogP contribution >= 0.6 is 0 Å². The van der Waals surface area contributed by atoms with Gasteiger partial charge >= 0.3 is 0 Å². The standard InChI is InChI=1S/C25H28FN7O2/c1-14-12-33-13-16(11-28-23(33)29-14)15-8-18(34)21(27-10-15)17-6-7-20(31-30-17)35-19-9-24(2,3)32-25(4,5)22(19)26/h6-8,10-13,19,22,32,34H,9H2,1-5H3/t19-,22-/m0/s1. The first-order chi connectivity index (χ1) is 16.5. The fourth-order valence-electron chi connectivity index (χ4n) is 4.79. The lowest BCUT2D eigenvalue weighted by atomic mass is 9.79. The van der Waals surface area contributed by atoms with Crippen molar-refractivity contribution in [3.8, 4) is 34.1 Å². The van der Waals surface area contributed by atoms with Gasteiger partial charge in [-0.25, -0.2) is 19.3 Å². The van der Waals surface area contributed by atoms with Gasteiger partial charge in [-0.05, 0) is 46.8 Å². The Morgan fingerprint density at radius 3 is 2.57 bits per heavy atom. The van der Waals surface area contributed by atoms with Gasteiger partial charge in [-0.15, -0.1) is 10.2 Å². The number of piperidine rings is 1. The van der Waals surface area contributed by atoms with E-state index in [1.165, 1.54) is 0 Å². The lowest BCUT2D eigenvalue weighted by molar-refractivity contribution is -0.0281. The van der Waals surface area contributed by atoms with Crippen LogP contribution in [0.3, 0.4) is 0 Å². The summed E-state index contributed by atoms with van der Waals surface area (Å²) in [5.41, 5.74) is 2.01. The summed E-state index contributed by atoms with van der Waals surface area (Å²) in [6.45, 7) is 9.60. The Hall–Kier alpha value is -3.66. The summed E-state index contributed by atoms with van der Waals surface area (Å²) < 4.78 is 22.7. The Bertz CT molecular complexity index is 1380. The Labute approximate surface area is 202 Å². The van der Waals surface area contributed by atoms with Gasteiger partial charge in [0, 0.05) is 59.5 Å². The van der Waals surface area contributed by atoms with Crippen LogP contribution in [0.5, 0.6) is 11.6 Å². The second kappa shape index (κ2) is 8.23. The van der Waals surface area contributed by atoms with E-state index in [2.05, 4.69) is 30.5 Å².